The van der Waals surface area contributed by atoms with Gasteiger partial charge in [-0.1, -0.05) is 248 Å². The lowest BCUT2D eigenvalue weighted by atomic mass is 9.81. The van der Waals surface area contributed by atoms with Crippen molar-refractivity contribution >= 4 is 67.9 Å². The van der Waals surface area contributed by atoms with Gasteiger partial charge < -0.3 is 9.13 Å². The van der Waals surface area contributed by atoms with Crippen LogP contribution in [0.4, 0.5) is 0 Å². The van der Waals surface area contributed by atoms with Crippen molar-refractivity contribution in [2.24, 2.45) is 0 Å². The topological polar surface area (TPSA) is 9.86 Å². The SMILES string of the molecule is CC1(C)c2cc(-c3ccc(/C=C/c4ccc5c(c4)c4ccccc4n5-c4ccc5c(c4)C(C)(C)c4ccccc4-5)cc3)ccc2-c2ccc(-c3ccc(/C=C/c4ccc5c(c4)c4ccccc4n5-c4ccc5c(c4)C(C)(C)c4ccccc4-5)cc3)cc21. The zero-order chi connectivity index (χ0) is 58.5. The van der Waals surface area contributed by atoms with Gasteiger partial charge in [-0.2, -0.15) is 0 Å². The summed E-state index contributed by atoms with van der Waals surface area (Å²) in [5.41, 5.74) is 33.0. The summed E-state index contributed by atoms with van der Waals surface area (Å²) in [5.74, 6) is 0. The molecule has 87 heavy (non-hydrogen) atoms. The highest BCUT2D eigenvalue weighted by molar-refractivity contribution is 6.11. The molecule has 2 heteroatoms. The van der Waals surface area contributed by atoms with Gasteiger partial charge in [0.1, 0.15) is 0 Å². The van der Waals surface area contributed by atoms with E-state index in [1.165, 1.54) is 166 Å². The minimum Gasteiger partial charge on any atom is -0.309 e. The van der Waals surface area contributed by atoms with Gasteiger partial charge in [-0.05, 0) is 184 Å². The van der Waals surface area contributed by atoms with Crippen molar-refractivity contribution in [1.82, 2.24) is 9.13 Å². The lowest BCUT2D eigenvalue weighted by molar-refractivity contribution is 0.660. The van der Waals surface area contributed by atoms with E-state index in [4.69, 9.17) is 0 Å². The van der Waals surface area contributed by atoms with Crippen LogP contribution in [0, 0.1) is 0 Å². The molecule has 414 valence electrons. The Balaban J connectivity index is 0.593. The van der Waals surface area contributed by atoms with Crippen molar-refractivity contribution in [3.8, 4) is 67.0 Å². The Morgan fingerprint density at radius 2 is 0.540 bits per heavy atom. The summed E-state index contributed by atoms with van der Waals surface area (Å²) in [6, 6.07) is 95.6. The molecule has 0 saturated carbocycles. The molecular weight excluding hydrogens is 1050 g/mol. The van der Waals surface area contributed by atoms with E-state index >= 15 is 0 Å². The van der Waals surface area contributed by atoms with Crippen LogP contribution in [-0.2, 0) is 16.2 Å². The molecule has 14 aromatic rings. The predicted molar refractivity (Wildman–Crippen MR) is 369 cm³/mol. The second kappa shape index (κ2) is 18.9. The number of fused-ring (bicyclic) bond motifs is 15. The molecule has 2 nitrogen and oxygen atoms in total. The molecule has 2 heterocycles. The van der Waals surface area contributed by atoms with Crippen LogP contribution in [0.15, 0.2) is 255 Å². The monoisotopic (exact) mass is 1110 g/mol. The minimum absolute atomic E-state index is 0.0621. The molecule has 2 aromatic heterocycles. The summed E-state index contributed by atoms with van der Waals surface area (Å²) in [4.78, 5) is 0. The van der Waals surface area contributed by atoms with Crippen molar-refractivity contribution in [2.45, 2.75) is 57.8 Å². The van der Waals surface area contributed by atoms with Crippen molar-refractivity contribution in [3.05, 3.63) is 310 Å². The lowest BCUT2D eigenvalue weighted by Crippen LogP contribution is -2.15. The standard InChI is InChI=1S/C85H64N2/c1-83(2)73-19-11-7-15-63(73)67-43-39-61(51-77(67)83)86-79-21-13-9-17-69(79)71-47-55(31-45-81(71)86)25-23-53-27-33-57(34-28-53)59-37-41-65-66-42-38-60(50-76(66)85(5,6)75(65)49-59)58-35-29-54(30-36-58)24-26-56-32-46-82-72(48-56)70-18-10-14-22-80(70)87(82)62-40-44-68-64-16-8-12-20-74(64)84(3,4)78(68)52-62/h7-52H,1-6H3/b25-23+,26-24+. The van der Waals surface area contributed by atoms with E-state index in [-0.39, 0.29) is 16.2 Å². The van der Waals surface area contributed by atoms with E-state index in [2.05, 4.69) is 330 Å². The van der Waals surface area contributed by atoms with Crippen molar-refractivity contribution in [2.75, 3.05) is 0 Å². The summed E-state index contributed by atoms with van der Waals surface area (Å²) >= 11 is 0. The third-order valence-electron chi connectivity index (χ3n) is 20.1. The van der Waals surface area contributed by atoms with E-state index < -0.39 is 0 Å². The van der Waals surface area contributed by atoms with Gasteiger partial charge in [-0.3, -0.25) is 0 Å². The molecule has 12 aromatic carbocycles. The molecule has 0 fully saturated rings. The van der Waals surface area contributed by atoms with Crippen molar-refractivity contribution in [1.29, 1.82) is 0 Å². The predicted octanol–water partition coefficient (Wildman–Crippen LogP) is 22.5. The third kappa shape index (κ3) is 7.80. The number of aromatic nitrogens is 2. The zero-order valence-corrected chi connectivity index (χ0v) is 50.0. The summed E-state index contributed by atoms with van der Waals surface area (Å²) in [5, 5.41) is 5.05. The molecule has 0 N–H and O–H groups in total. The van der Waals surface area contributed by atoms with Gasteiger partial charge in [0, 0.05) is 49.2 Å². The third-order valence-corrected chi connectivity index (χ3v) is 20.1. The second-order valence-corrected chi connectivity index (χ2v) is 26.1. The molecule has 0 aliphatic heterocycles. The molecule has 0 atom stereocenters. The minimum atomic E-state index is -0.155. The first kappa shape index (κ1) is 51.2. The van der Waals surface area contributed by atoms with Crippen molar-refractivity contribution < 1.29 is 0 Å². The highest BCUT2D eigenvalue weighted by Crippen LogP contribution is 2.53. The van der Waals surface area contributed by atoms with Gasteiger partial charge in [0.05, 0.1) is 22.1 Å². The van der Waals surface area contributed by atoms with Crippen LogP contribution in [0.1, 0.15) is 97.2 Å². The molecule has 0 amide bonds. The first-order valence-electron chi connectivity index (χ1n) is 30.8. The zero-order valence-electron chi connectivity index (χ0n) is 50.0. The fourth-order valence-electron chi connectivity index (χ4n) is 15.5. The Morgan fingerprint density at radius 1 is 0.230 bits per heavy atom. The van der Waals surface area contributed by atoms with Crippen LogP contribution in [-0.4, -0.2) is 9.13 Å². The number of hydrogen-bond acceptors (Lipinski definition) is 0. The molecule has 0 unspecified atom stereocenters. The quantitative estimate of drug-likeness (QED) is 0.134. The first-order chi connectivity index (χ1) is 42.4. The molecule has 0 spiro atoms. The first-order valence-corrected chi connectivity index (χ1v) is 30.8. The van der Waals surface area contributed by atoms with Gasteiger partial charge in [-0.25, -0.2) is 0 Å². The Morgan fingerprint density at radius 3 is 0.977 bits per heavy atom. The van der Waals surface area contributed by atoms with Crippen LogP contribution in [0.3, 0.4) is 0 Å². The van der Waals surface area contributed by atoms with Gasteiger partial charge in [0.25, 0.3) is 0 Å². The summed E-state index contributed by atoms with van der Waals surface area (Å²) in [6.45, 7) is 14.2. The maximum Gasteiger partial charge on any atom is 0.0541 e. The average molecular weight is 1110 g/mol. The number of rotatable bonds is 8. The average Bonchev–Trinajstić information content (AvgIpc) is 1.67. The van der Waals surface area contributed by atoms with Crippen LogP contribution in [0.5, 0.6) is 0 Å². The Bertz CT molecular complexity index is 4950. The number of nitrogens with zero attached hydrogens (tertiary/aromatic N) is 2. The molecular formula is C85H64N2. The van der Waals surface area contributed by atoms with Gasteiger partial charge >= 0.3 is 0 Å². The normalized spacial score (nSPS) is 14.7. The van der Waals surface area contributed by atoms with Gasteiger partial charge in [0.15, 0.2) is 0 Å². The Labute approximate surface area is 509 Å². The summed E-state index contributed by atoms with van der Waals surface area (Å²) < 4.78 is 4.89. The molecule has 0 bridgehead atoms. The highest BCUT2D eigenvalue weighted by Gasteiger charge is 2.38. The van der Waals surface area contributed by atoms with E-state index in [1.807, 2.05) is 0 Å². The summed E-state index contributed by atoms with van der Waals surface area (Å²) in [6.07, 6.45) is 8.99. The van der Waals surface area contributed by atoms with E-state index in [9.17, 15) is 0 Å². The maximum absolute atomic E-state index is 2.45. The summed E-state index contributed by atoms with van der Waals surface area (Å²) in [7, 11) is 0. The molecule has 3 aliphatic rings. The largest absolute Gasteiger partial charge is 0.309 e. The van der Waals surface area contributed by atoms with Gasteiger partial charge in [-0.15, -0.1) is 0 Å². The van der Waals surface area contributed by atoms with Crippen LogP contribution in [0.25, 0.3) is 135 Å². The molecule has 3 aliphatic carbocycles. The number of benzene rings is 12. The lowest BCUT2D eigenvalue weighted by Gasteiger charge is -2.22. The molecule has 0 radical (unpaired) electrons. The number of hydrogen-bond donors (Lipinski definition) is 0. The second-order valence-electron chi connectivity index (χ2n) is 26.1. The van der Waals surface area contributed by atoms with Crippen LogP contribution in [0.2, 0.25) is 0 Å². The van der Waals surface area contributed by atoms with E-state index in [1.54, 1.807) is 0 Å². The molecule has 0 saturated heterocycles. The van der Waals surface area contributed by atoms with Crippen LogP contribution < -0.4 is 0 Å². The smallest absolute Gasteiger partial charge is 0.0541 e. The highest BCUT2D eigenvalue weighted by atomic mass is 15.0. The molecule has 17 rings (SSSR count). The van der Waals surface area contributed by atoms with Gasteiger partial charge in [0.2, 0.25) is 0 Å². The van der Waals surface area contributed by atoms with Crippen molar-refractivity contribution in [3.63, 3.8) is 0 Å². The van der Waals surface area contributed by atoms with E-state index in [0.29, 0.717) is 0 Å². The fraction of sp³-hybridized carbons (Fsp3) is 0.106. The van der Waals surface area contributed by atoms with E-state index in [0.717, 1.165) is 0 Å². The Hall–Kier alpha value is -10.3. The Kier molecular flexibility index (Phi) is 11.1. The van der Waals surface area contributed by atoms with Crippen LogP contribution >= 0.6 is 0 Å². The maximum atomic E-state index is 2.45. The number of para-hydroxylation sites is 2. The fourth-order valence-corrected chi connectivity index (χ4v) is 15.5.